The Bertz CT molecular complexity index is 894. The summed E-state index contributed by atoms with van der Waals surface area (Å²) in [6.45, 7) is 0.305. The van der Waals surface area contributed by atoms with Gasteiger partial charge in [0.2, 0.25) is 5.65 Å². The van der Waals surface area contributed by atoms with Gasteiger partial charge in [0.05, 0.1) is 17.1 Å². The topological polar surface area (TPSA) is 109 Å². The molecule has 3 rings (SSSR count). The summed E-state index contributed by atoms with van der Waals surface area (Å²) in [4.78, 5) is 26.3. The van der Waals surface area contributed by atoms with Crippen LogP contribution in [0.5, 0.6) is 0 Å². The maximum atomic E-state index is 11.7. The minimum Gasteiger partial charge on any atom is -0.460 e. The predicted molar refractivity (Wildman–Crippen MR) is 86.0 cm³/mol. The quantitative estimate of drug-likeness (QED) is 0.279. The number of carbonyl (C=O) groups is 1. The second kappa shape index (κ2) is 7.49. The molecule has 0 spiro atoms. The van der Waals surface area contributed by atoms with Crippen LogP contribution in [0.2, 0.25) is 0 Å². The Morgan fingerprint density at radius 3 is 2.72 bits per heavy atom. The molecule has 0 bridgehead atoms. The van der Waals surface area contributed by atoms with Gasteiger partial charge in [0, 0.05) is 12.3 Å². The van der Waals surface area contributed by atoms with Crippen LogP contribution in [-0.4, -0.2) is 38.7 Å². The molecule has 2 heterocycles. The van der Waals surface area contributed by atoms with Gasteiger partial charge in [-0.3, -0.25) is 10.1 Å². The Balaban J connectivity index is 1.49. The van der Waals surface area contributed by atoms with Gasteiger partial charge in [-0.05, 0) is 18.2 Å². The molecular weight excluding hydrogens is 328 g/mol. The normalized spacial score (nSPS) is 10.7. The Morgan fingerprint density at radius 2 is 1.96 bits per heavy atom. The number of rotatable bonds is 7. The molecule has 9 heteroatoms. The first-order valence-electron chi connectivity index (χ1n) is 7.44. The molecule has 9 nitrogen and oxygen atoms in total. The number of nitrogens with zero attached hydrogens (tertiary/aromatic N) is 4. The monoisotopic (exact) mass is 342 g/mol. The minimum absolute atomic E-state index is 0.0573. The molecule has 0 aliphatic carbocycles. The van der Waals surface area contributed by atoms with Crippen molar-refractivity contribution in [3.63, 3.8) is 0 Å². The van der Waals surface area contributed by atoms with Crippen LogP contribution in [0.15, 0.2) is 48.7 Å². The summed E-state index contributed by atoms with van der Waals surface area (Å²) in [6.07, 6.45) is 1.57. The van der Waals surface area contributed by atoms with Gasteiger partial charge in [-0.15, -0.1) is 5.10 Å². The molecule has 3 aromatic rings. The lowest BCUT2D eigenvalue weighted by Crippen LogP contribution is -2.11. The van der Waals surface area contributed by atoms with Gasteiger partial charge in [-0.25, -0.2) is 14.3 Å². The van der Waals surface area contributed by atoms with E-state index in [4.69, 9.17) is 9.47 Å². The molecule has 0 atom stereocenters. The van der Waals surface area contributed by atoms with Crippen LogP contribution in [0, 0.1) is 10.1 Å². The van der Waals surface area contributed by atoms with Gasteiger partial charge in [0.15, 0.2) is 5.82 Å². The van der Waals surface area contributed by atoms with Gasteiger partial charge in [-0.2, -0.15) is 0 Å². The molecule has 128 valence electrons. The van der Waals surface area contributed by atoms with E-state index in [2.05, 4.69) is 10.1 Å². The number of nitro groups is 1. The zero-order chi connectivity index (χ0) is 17.6. The Hall–Kier alpha value is -3.33. The van der Waals surface area contributed by atoms with E-state index in [1.807, 2.05) is 6.07 Å². The molecule has 1 aromatic carbocycles. The average Bonchev–Trinajstić information content (AvgIpc) is 3.04. The summed E-state index contributed by atoms with van der Waals surface area (Å²) < 4.78 is 11.8. The Kier molecular flexibility index (Phi) is 4.95. The number of hydrogen-bond acceptors (Lipinski definition) is 7. The highest BCUT2D eigenvalue weighted by Crippen LogP contribution is 2.17. The van der Waals surface area contributed by atoms with Gasteiger partial charge < -0.3 is 9.47 Å². The van der Waals surface area contributed by atoms with Crippen molar-refractivity contribution < 1.29 is 19.2 Å². The second-order valence-electron chi connectivity index (χ2n) is 5.00. The summed E-state index contributed by atoms with van der Waals surface area (Å²) in [5.41, 5.74) is 0.497. The van der Waals surface area contributed by atoms with Crippen LogP contribution >= 0.6 is 0 Å². The van der Waals surface area contributed by atoms with Crippen molar-refractivity contribution in [1.82, 2.24) is 14.6 Å². The third-order valence-electron chi connectivity index (χ3n) is 3.28. The number of aromatic nitrogens is 3. The van der Waals surface area contributed by atoms with E-state index in [0.717, 1.165) is 0 Å². The van der Waals surface area contributed by atoms with Crippen LogP contribution in [0.3, 0.4) is 0 Å². The zero-order valence-corrected chi connectivity index (χ0v) is 13.1. The largest absolute Gasteiger partial charge is 0.460 e. The second-order valence-corrected chi connectivity index (χ2v) is 5.00. The number of ether oxygens (including phenoxy) is 2. The molecule has 2 aromatic heterocycles. The first kappa shape index (κ1) is 16.5. The molecule has 0 aliphatic heterocycles. The highest BCUT2D eigenvalue weighted by molar-refractivity contribution is 5.89. The van der Waals surface area contributed by atoms with Gasteiger partial charge >= 0.3 is 11.7 Å². The fourth-order valence-electron chi connectivity index (χ4n) is 2.15. The molecule has 0 radical (unpaired) electrons. The van der Waals surface area contributed by atoms with E-state index >= 15 is 0 Å². The number of pyridine rings is 1. The van der Waals surface area contributed by atoms with E-state index in [-0.39, 0.29) is 31.2 Å². The lowest BCUT2D eigenvalue weighted by atomic mass is 10.2. The lowest BCUT2D eigenvalue weighted by Gasteiger charge is -2.04. The fraction of sp³-hybridized carbons (Fsp3) is 0.188. The molecule has 25 heavy (non-hydrogen) atoms. The van der Waals surface area contributed by atoms with Crippen molar-refractivity contribution in [2.75, 3.05) is 13.2 Å². The van der Waals surface area contributed by atoms with Crippen molar-refractivity contribution >= 4 is 17.3 Å². The van der Waals surface area contributed by atoms with E-state index < -0.39 is 10.9 Å². The molecule has 0 saturated carbocycles. The van der Waals surface area contributed by atoms with Crippen LogP contribution < -0.4 is 0 Å². The third kappa shape index (κ3) is 3.96. The maximum Gasteiger partial charge on any atom is 0.338 e. The van der Waals surface area contributed by atoms with Crippen LogP contribution in [0.1, 0.15) is 16.2 Å². The smallest absolute Gasteiger partial charge is 0.338 e. The average molecular weight is 342 g/mol. The van der Waals surface area contributed by atoms with Gasteiger partial charge in [0.25, 0.3) is 0 Å². The third-order valence-corrected chi connectivity index (χ3v) is 3.28. The highest BCUT2D eigenvalue weighted by Gasteiger charge is 2.16. The van der Waals surface area contributed by atoms with Crippen LogP contribution in [0.25, 0.3) is 5.65 Å². The van der Waals surface area contributed by atoms with Crippen molar-refractivity contribution in [2.45, 2.75) is 6.61 Å². The summed E-state index contributed by atoms with van der Waals surface area (Å²) in [5.74, 6) is -0.116. The number of esters is 1. The van der Waals surface area contributed by atoms with Crippen molar-refractivity contribution in [3.05, 3.63) is 70.2 Å². The Labute approximate surface area is 142 Å². The Morgan fingerprint density at radius 1 is 1.16 bits per heavy atom. The molecular formula is C16H14N4O5. The maximum absolute atomic E-state index is 11.7. The molecule has 0 fully saturated rings. The first-order valence-corrected chi connectivity index (χ1v) is 7.44. The van der Waals surface area contributed by atoms with E-state index in [9.17, 15) is 14.9 Å². The van der Waals surface area contributed by atoms with E-state index in [1.54, 1.807) is 30.5 Å². The molecule has 0 saturated heterocycles. The number of hydrogen-bond donors (Lipinski definition) is 0. The van der Waals surface area contributed by atoms with Crippen molar-refractivity contribution in [3.8, 4) is 0 Å². The fourth-order valence-corrected chi connectivity index (χ4v) is 2.15. The number of carbonyl (C=O) groups excluding carboxylic acids is 1. The zero-order valence-electron chi connectivity index (χ0n) is 13.1. The summed E-state index contributed by atoms with van der Waals surface area (Å²) in [7, 11) is 0. The molecule has 0 unspecified atom stereocenters. The molecule has 0 aliphatic rings. The molecule has 0 N–H and O–H groups in total. The number of fused-ring (bicyclic) bond motifs is 1. The summed E-state index contributed by atoms with van der Waals surface area (Å²) in [6, 6.07) is 11.5. The van der Waals surface area contributed by atoms with Crippen LogP contribution in [-0.2, 0) is 16.1 Å². The highest BCUT2D eigenvalue weighted by atomic mass is 16.6. The summed E-state index contributed by atoms with van der Waals surface area (Å²) >= 11 is 0. The van der Waals surface area contributed by atoms with Crippen molar-refractivity contribution in [2.24, 2.45) is 0 Å². The number of benzene rings is 1. The van der Waals surface area contributed by atoms with E-state index in [1.165, 1.54) is 16.6 Å². The first-order chi connectivity index (χ1) is 12.1. The summed E-state index contributed by atoms with van der Waals surface area (Å²) in [5, 5.41) is 15.1. The molecule has 0 amide bonds. The predicted octanol–water partition coefficient (Wildman–Crippen LogP) is 2.01. The van der Waals surface area contributed by atoms with Gasteiger partial charge in [0.1, 0.15) is 13.2 Å². The van der Waals surface area contributed by atoms with E-state index in [0.29, 0.717) is 11.4 Å². The van der Waals surface area contributed by atoms with Gasteiger partial charge in [-0.1, -0.05) is 18.2 Å². The lowest BCUT2D eigenvalue weighted by molar-refractivity contribution is -0.383. The standard InChI is InChI=1S/C16H14N4O5/c21-16(12-5-2-1-3-6-12)25-10-9-24-11-14-17-15-13(20(22)23)7-4-8-19(15)18-14/h1-8H,9-11H2. The minimum atomic E-state index is -0.516. The van der Waals surface area contributed by atoms with Crippen molar-refractivity contribution in [1.29, 1.82) is 0 Å². The SMILES string of the molecule is O=C(OCCOCc1nc2c([N+](=O)[O-])cccn2n1)c1ccccc1. The van der Waals surface area contributed by atoms with Crippen LogP contribution in [0.4, 0.5) is 5.69 Å².